The summed E-state index contributed by atoms with van der Waals surface area (Å²) < 4.78 is 6.63. The number of carboxylic acids is 1. The molecule has 3 heterocycles. The molecule has 3 rings (SSSR count). The number of aromatic nitrogens is 2. The molecule has 1 aliphatic heterocycles. The average Bonchev–Trinajstić information content (AvgIpc) is 3.06. The van der Waals surface area contributed by atoms with Crippen LogP contribution >= 0.6 is 0 Å². The van der Waals surface area contributed by atoms with E-state index < -0.39 is 5.97 Å². The lowest BCUT2D eigenvalue weighted by Gasteiger charge is -2.26. The lowest BCUT2D eigenvalue weighted by molar-refractivity contribution is 0.0688. The number of aryl methyl sites for hydroxylation is 1. The highest BCUT2D eigenvalue weighted by Crippen LogP contribution is 2.23. The van der Waals surface area contributed by atoms with Gasteiger partial charge in [-0.15, -0.1) is 0 Å². The fraction of sp³-hybridized carbons (Fsp3) is 0.308. The van der Waals surface area contributed by atoms with Crippen molar-refractivity contribution in [1.29, 1.82) is 0 Å². The first-order valence-electron chi connectivity index (χ1n) is 6.18. The summed E-state index contributed by atoms with van der Waals surface area (Å²) in [5.41, 5.74) is 1.55. The van der Waals surface area contributed by atoms with E-state index in [1.165, 1.54) is 10.9 Å². The summed E-state index contributed by atoms with van der Waals surface area (Å²) in [6.07, 6.45) is 1.94. The van der Waals surface area contributed by atoms with E-state index in [4.69, 9.17) is 9.52 Å². The Morgan fingerprint density at radius 2 is 2.25 bits per heavy atom. The van der Waals surface area contributed by atoms with Crippen LogP contribution < -0.4 is 0 Å². The molecule has 20 heavy (non-hydrogen) atoms. The van der Waals surface area contributed by atoms with Crippen molar-refractivity contribution in [3.63, 3.8) is 0 Å². The molecule has 0 unspecified atom stereocenters. The molecule has 7 nitrogen and oxygen atoms in total. The Balaban J connectivity index is 1.89. The number of aromatic carboxylic acids is 1. The first-order chi connectivity index (χ1) is 9.58. The molecule has 1 amide bonds. The Labute approximate surface area is 114 Å². The zero-order valence-electron chi connectivity index (χ0n) is 10.9. The normalized spacial score (nSPS) is 14.2. The summed E-state index contributed by atoms with van der Waals surface area (Å²) in [6, 6.07) is 3.28. The van der Waals surface area contributed by atoms with E-state index in [9.17, 15) is 9.59 Å². The van der Waals surface area contributed by atoms with Crippen molar-refractivity contribution in [3.05, 3.63) is 41.1 Å². The van der Waals surface area contributed by atoms with E-state index in [1.807, 2.05) is 0 Å². The molecule has 0 fully saturated rings. The fourth-order valence-corrected chi connectivity index (χ4v) is 2.47. The molecule has 0 radical (unpaired) electrons. The molecule has 104 valence electrons. The highest BCUT2D eigenvalue weighted by Gasteiger charge is 2.29. The summed E-state index contributed by atoms with van der Waals surface area (Å²) in [5, 5.41) is 13.1. The van der Waals surface area contributed by atoms with Crippen molar-refractivity contribution in [3.8, 4) is 0 Å². The number of hydrogen-bond donors (Lipinski definition) is 1. The van der Waals surface area contributed by atoms with Crippen LogP contribution in [0.25, 0.3) is 0 Å². The molecule has 1 aliphatic rings. The number of carbonyl (C=O) groups excluding carboxylic acids is 1. The number of carbonyl (C=O) groups is 2. The second kappa shape index (κ2) is 4.52. The number of furan rings is 1. The summed E-state index contributed by atoms with van der Waals surface area (Å²) in [7, 11) is 1.69. The third kappa shape index (κ3) is 1.87. The minimum atomic E-state index is -1.03. The Morgan fingerprint density at radius 1 is 1.45 bits per heavy atom. The maximum absolute atomic E-state index is 12.2. The van der Waals surface area contributed by atoms with Crippen LogP contribution in [0, 0.1) is 0 Å². The number of fused-ring (bicyclic) bond motifs is 1. The number of hydrogen-bond acceptors (Lipinski definition) is 4. The van der Waals surface area contributed by atoms with Crippen LogP contribution in [-0.2, 0) is 20.0 Å². The molecule has 0 atom stereocenters. The van der Waals surface area contributed by atoms with Gasteiger partial charge in [0, 0.05) is 19.2 Å². The van der Waals surface area contributed by atoms with Gasteiger partial charge in [0.2, 0.25) is 0 Å². The van der Waals surface area contributed by atoms with Gasteiger partial charge in [-0.3, -0.25) is 9.48 Å². The molecule has 0 aromatic carbocycles. The lowest BCUT2D eigenvalue weighted by atomic mass is 10.0. The maximum Gasteiger partial charge on any atom is 0.356 e. The lowest BCUT2D eigenvalue weighted by Crippen LogP contribution is -2.36. The third-order valence-electron chi connectivity index (χ3n) is 3.47. The van der Waals surface area contributed by atoms with Crippen LogP contribution in [0.5, 0.6) is 0 Å². The molecule has 2 aromatic heterocycles. The molecule has 0 saturated carbocycles. The summed E-state index contributed by atoms with van der Waals surface area (Å²) >= 11 is 0. The van der Waals surface area contributed by atoms with E-state index in [0.29, 0.717) is 25.1 Å². The van der Waals surface area contributed by atoms with Crippen molar-refractivity contribution < 1.29 is 19.1 Å². The zero-order chi connectivity index (χ0) is 14.3. The van der Waals surface area contributed by atoms with Gasteiger partial charge in [-0.1, -0.05) is 0 Å². The van der Waals surface area contributed by atoms with Gasteiger partial charge in [-0.05, 0) is 18.6 Å². The minimum absolute atomic E-state index is 0.0765. The van der Waals surface area contributed by atoms with Gasteiger partial charge in [0.15, 0.2) is 11.5 Å². The molecular formula is C13H13N3O4. The van der Waals surface area contributed by atoms with Crippen molar-refractivity contribution in [2.45, 2.75) is 13.0 Å². The smallest absolute Gasteiger partial charge is 0.356 e. The van der Waals surface area contributed by atoms with Gasteiger partial charge < -0.3 is 14.4 Å². The van der Waals surface area contributed by atoms with Crippen LogP contribution in [0.1, 0.15) is 32.3 Å². The topological polar surface area (TPSA) is 88.6 Å². The standard InChI is InChI=1S/C13H13N3O4/c1-15-9-7-16(12(17)10-3-2-6-20-10)5-4-8(9)11(14-15)13(18)19/h2-3,6H,4-5,7H2,1H3,(H,18,19). The Morgan fingerprint density at radius 3 is 2.90 bits per heavy atom. The predicted octanol–water partition coefficient (Wildman–Crippen LogP) is 0.910. The van der Waals surface area contributed by atoms with Crippen molar-refractivity contribution in [2.24, 2.45) is 7.05 Å². The molecule has 7 heteroatoms. The SMILES string of the molecule is Cn1nc(C(=O)O)c2c1CN(C(=O)c1ccco1)CC2. The minimum Gasteiger partial charge on any atom is -0.476 e. The van der Waals surface area contributed by atoms with Crippen LogP contribution in [-0.4, -0.2) is 38.2 Å². The molecule has 0 saturated heterocycles. The highest BCUT2D eigenvalue weighted by molar-refractivity contribution is 5.92. The van der Waals surface area contributed by atoms with E-state index >= 15 is 0 Å². The number of amides is 1. The predicted molar refractivity (Wildman–Crippen MR) is 67.3 cm³/mol. The Hall–Kier alpha value is -2.57. The van der Waals surface area contributed by atoms with E-state index in [1.54, 1.807) is 24.1 Å². The summed E-state index contributed by atoms with van der Waals surface area (Å²) in [4.78, 5) is 25.0. The van der Waals surface area contributed by atoms with Gasteiger partial charge >= 0.3 is 5.97 Å². The Bertz CT molecular complexity index is 672. The first kappa shape index (κ1) is 12.5. The van der Waals surface area contributed by atoms with Crippen molar-refractivity contribution in [1.82, 2.24) is 14.7 Å². The summed E-state index contributed by atoms with van der Waals surface area (Å²) in [6.45, 7) is 0.796. The van der Waals surface area contributed by atoms with Crippen LogP contribution in [0.15, 0.2) is 22.8 Å². The third-order valence-corrected chi connectivity index (χ3v) is 3.47. The largest absolute Gasteiger partial charge is 0.476 e. The molecule has 2 aromatic rings. The van der Waals surface area contributed by atoms with Gasteiger partial charge in [0.25, 0.3) is 5.91 Å². The van der Waals surface area contributed by atoms with Crippen molar-refractivity contribution in [2.75, 3.05) is 6.54 Å². The molecule has 0 bridgehead atoms. The van der Waals surface area contributed by atoms with E-state index in [0.717, 1.165) is 5.69 Å². The van der Waals surface area contributed by atoms with Crippen molar-refractivity contribution >= 4 is 11.9 Å². The van der Waals surface area contributed by atoms with Gasteiger partial charge in [-0.2, -0.15) is 5.10 Å². The highest BCUT2D eigenvalue weighted by atomic mass is 16.4. The maximum atomic E-state index is 12.2. The van der Waals surface area contributed by atoms with Gasteiger partial charge in [0.1, 0.15) is 0 Å². The fourth-order valence-electron chi connectivity index (χ4n) is 2.47. The quantitative estimate of drug-likeness (QED) is 0.880. The molecule has 0 aliphatic carbocycles. The van der Waals surface area contributed by atoms with Crippen LogP contribution in [0.4, 0.5) is 0 Å². The van der Waals surface area contributed by atoms with Crippen LogP contribution in [0.2, 0.25) is 0 Å². The average molecular weight is 275 g/mol. The number of nitrogens with zero attached hydrogens (tertiary/aromatic N) is 3. The monoisotopic (exact) mass is 275 g/mol. The molecule has 1 N–H and O–H groups in total. The molecular weight excluding hydrogens is 262 g/mol. The first-order valence-corrected chi connectivity index (χ1v) is 6.18. The van der Waals surface area contributed by atoms with E-state index in [2.05, 4.69) is 5.10 Å². The number of carboxylic acid groups (broad SMARTS) is 1. The zero-order valence-corrected chi connectivity index (χ0v) is 10.9. The second-order valence-corrected chi connectivity index (χ2v) is 4.66. The van der Waals surface area contributed by atoms with Gasteiger partial charge in [-0.25, -0.2) is 4.79 Å². The van der Waals surface area contributed by atoms with Crippen LogP contribution in [0.3, 0.4) is 0 Å². The number of rotatable bonds is 2. The second-order valence-electron chi connectivity index (χ2n) is 4.66. The van der Waals surface area contributed by atoms with E-state index in [-0.39, 0.29) is 17.4 Å². The van der Waals surface area contributed by atoms with Gasteiger partial charge in [0.05, 0.1) is 18.5 Å². The summed E-state index contributed by atoms with van der Waals surface area (Å²) in [5.74, 6) is -0.944. The molecule has 0 spiro atoms. The Kier molecular flexibility index (Phi) is 2.81.